The van der Waals surface area contributed by atoms with Gasteiger partial charge in [-0.3, -0.25) is 10.1 Å². The number of urea groups is 1. The smallest absolute Gasteiger partial charge is 0.323 e. The van der Waals surface area contributed by atoms with Crippen molar-refractivity contribution in [1.82, 2.24) is 14.8 Å². The molecule has 26 heavy (non-hydrogen) atoms. The van der Waals surface area contributed by atoms with Gasteiger partial charge >= 0.3 is 6.03 Å². The van der Waals surface area contributed by atoms with E-state index in [1.807, 2.05) is 54.6 Å². The van der Waals surface area contributed by atoms with Gasteiger partial charge in [0, 0.05) is 31.7 Å². The molecule has 1 fully saturated rings. The number of nitrogens with zero attached hydrogens (tertiary/aromatic N) is 3. The molecule has 0 atom stereocenters. The standard InChI is InChI=1S/C19H18N4O2S/c24-17(14-6-2-1-3-7-14)22-10-12-23(13-11-22)19(25)21-18-20-15-8-4-5-9-16(15)26-18/h1-9H,10-13H2,(H,20,21,25). The third kappa shape index (κ3) is 3.39. The van der Waals surface area contributed by atoms with Gasteiger partial charge in [-0.15, -0.1) is 0 Å². The second-order valence-corrected chi connectivity index (χ2v) is 7.09. The zero-order chi connectivity index (χ0) is 17.9. The van der Waals surface area contributed by atoms with Gasteiger partial charge in [0.2, 0.25) is 0 Å². The van der Waals surface area contributed by atoms with Crippen LogP contribution in [0.15, 0.2) is 54.6 Å². The summed E-state index contributed by atoms with van der Waals surface area (Å²) in [6.45, 7) is 2.08. The average molecular weight is 366 g/mol. The fraction of sp³-hybridized carbons (Fsp3) is 0.211. The van der Waals surface area contributed by atoms with Crippen LogP contribution in [0.2, 0.25) is 0 Å². The molecule has 7 heteroatoms. The Hall–Kier alpha value is -2.93. The summed E-state index contributed by atoms with van der Waals surface area (Å²) >= 11 is 1.46. The van der Waals surface area contributed by atoms with Crippen LogP contribution in [0.5, 0.6) is 0 Å². The third-order valence-corrected chi connectivity index (χ3v) is 5.33. The van der Waals surface area contributed by atoms with E-state index in [9.17, 15) is 9.59 Å². The highest BCUT2D eigenvalue weighted by molar-refractivity contribution is 7.22. The van der Waals surface area contributed by atoms with Crippen molar-refractivity contribution in [1.29, 1.82) is 0 Å². The summed E-state index contributed by atoms with van der Waals surface area (Å²) in [4.78, 5) is 32.9. The van der Waals surface area contributed by atoms with Gasteiger partial charge in [-0.1, -0.05) is 41.7 Å². The highest BCUT2D eigenvalue weighted by Gasteiger charge is 2.25. The number of piperazine rings is 1. The number of carbonyl (C=O) groups is 2. The van der Waals surface area contributed by atoms with E-state index in [1.165, 1.54) is 11.3 Å². The number of carbonyl (C=O) groups excluding carboxylic acids is 2. The third-order valence-electron chi connectivity index (χ3n) is 4.38. The predicted molar refractivity (Wildman–Crippen MR) is 103 cm³/mol. The van der Waals surface area contributed by atoms with E-state index in [0.29, 0.717) is 36.9 Å². The molecule has 1 aromatic heterocycles. The Morgan fingerprint density at radius 1 is 0.885 bits per heavy atom. The van der Waals surface area contributed by atoms with Gasteiger partial charge in [-0.05, 0) is 24.3 Å². The molecule has 2 aromatic carbocycles. The minimum absolute atomic E-state index is 0.0110. The van der Waals surface area contributed by atoms with Crippen molar-refractivity contribution in [2.45, 2.75) is 0 Å². The Balaban J connectivity index is 1.35. The Kier molecular flexibility index (Phi) is 4.53. The van der Waals surface area contributed by atoms with Crippen molar-refractivity contribution < 1.29 is 9.59 Å². The van der Waals surface area contributed by atoms with Crippen LogP contribution in [0.25, 0.3) is 10.2 Å². The van der Waals surface area contributed by atoms with Gasteiger partial charge in [0.25, 0.3) is 5.91 Å². The van der Waals surface area contributed by atoms with Gasteiger partial charge in [-0.2, -0.15) is 0 Å². The van der Waals surface area contributed by atoms with Crippen LogP contribution < -0.4 is 5.32 Å². The molecule has 2 heterocycles. The van der Waals surface area contributed by atoms with E-state index >= 15 is 0 Å². The lowest BCUT2D eigenvalue weighted by Gasteiger charge is -2.34. The monoisotopic (exact) mass is 366 g/mol. The molecule has 0 spiro atoms. The zero-order valence-electron chi connectivity index (χ0n) is 14.1. The highest BCUT2D eigenvalue weighted by atomic mass is 32.1. The molecule has 1 N–H and O–H groups in total. The number of hydrogen-bond acceptors (Lipinski definition) is 4. The summed E-state index contributed by atoms with van der Waals surface area (Å²) in [6.07, 6.45) is 0. The van der Waals surface area contributed by atoms with Crippen molar-refractivity contribution >= 4 is 38.6 Å². The number of nitrogens with one attached hydrogen (secondary N) is 1. The van der Waals surface area contributed by atoms with Crippen LogP contribution in [0, 0.1) is 0 Å². The number of fused-ring (bicyclic) bond motifs is 1. The van der Waals surface area contributed by atoms with E-state index in [4.69, 9.17) is 0 Å². The van der Waals surface area contributed by atoms with Crippen LogP contribution in [-0.4, -0.2) is 52.9 Å². The lowest BCUT2D eigenvalue weighted by atomic mass is 10.2. The topological polar surface area (TPSA) is 65.5 Å². The van der Waals surface area contributed by atoms with Crippen LogP contribution in [-0.2, 0) is 0 Å². The molecular weight excluding hydrogens is 348 g/mol. The molecule has 0 bridgehead atoms. The normalized spacial score (nSPS) is 14.5. The van der Waals surface area contributed by atoms with Crippen molar-refractivity contribution in [2.24, 2.45) is 0 Å². The summed E-state index contributed by atoms with van der Waals surface area (Å²) in [5, 5.41) is 3.46. The Morgan fingerprint density at radius 2 is 1.54 bits per heavy atom. The van der Waals surface area contributed by atoms with Crippen molar-refractivity contribution in [2.75, 3.05) is 31.5 Å². The minimum Gasteiger partial charge on any atom is -0.335 e. The van der Waals surface area contributed by atoms with Crippen LogP contribution >= 0.6 is 11.3 Å². The first-order valence-corrected chi connectivity index (χ1v) is 9.28. The molecule has 132 valence electrons. The maximum absolute atomic E-state index is 12.5. The van der Waals surface area contributed by atoms with E-state index in [2.05, 4.69) is 10.3 Å². The fourth-order valence-electron chi connectivity index (χ4n) is 2.97. The number of hydrogen-bond donors (Lipinski definition) is 1. The molecule has 3 aromatic rings. The maximum atomic E-state index is 12.5. The second kappa shape index (κ2) is 7.13. The molecule has 3 amide bonds. The van der Waals surface area contributed by atoms with Crippen LogP contribution in [0.1, 0.15) is 10.4 Å². The van der Waals surface area contributed by atoms with Crippen molar-refractivity contribution in [3.8, 4) is 0 Å². The van der Waals surface area contributed by atoms with Gasteiger partial charge < -0.3 is 9.80 Å². The summed E-state index contributed by atoms with van der Waals surface area (Å²) in [5.41, 5.74) is 1.56. The first kappa shape index (κ1) is 16.5. The number of anilines is 1. The average Bonchev–Trinajstić information content (AvgIpc) is 3.10. The molecule has 4 rings (SSSR count). The summed E-state index contributed by atoms with van der Waals surface area (Å²) in [7, 11) is 0. The Labute approximate surface area is 155 Å². The molecule has 1 aliphatic heterocycles. The molecule has 1 aliphatic rings. The summed E-state index contributed by atoms with van der Waals surface area (Å²) in [5.74, 6) is 0.0110. The number of amides is 3. The first-order chi connectivity index (χ1) is 12.7. The summed E-state index contributed by atoms with van der Waals surface area (Å²) in [6, 6.07) is 16.8. The number of thiazole rings is 1. The summed E-state index contributed by atoms with van der Waals surface area (Å²) < 4.78 is 1.04. The zero-order valence-corrected chi connectivity index (χ0v) is 14.9. The number of rotatable bonds is 2. The molecule has 1 saturated heterocycles. The predicted octanol–water partition coefficient (Wildman–Crippen LogP) is 3.29. The van der Waals surface area contributed by atoms with E-state index < -0.39 is 0 Å². The minimum atomic E-state index is -0.170. The molecule has 0 unspecified atom stereocenters. The second-order valence-electron chi connectivity index (χ2n) is 6.06. The molecule has 0 saturated carbocycles. The van der Waals surface area contributed by atoms with Gasteiger partial charge in [0.15, 0.2) is 5.13 Å². The Morgan fingerprint density at radius 3 is 2.27 bits per heavy atom. The van der Waals surface area contributed by atoms with Crippen LogP contribution in [0.4, 0.5) is 9.93 Å². The molecular formula is C19H18N4O2S. The van der Waals surface area contributed by atoms with E-state index in [1.54, 1.807) is 9.80 Å². The molecule has 6 nitrogen and oxygen atoms in total. The first-order valence-electron chi connectivity index (χ1n) is 8.46. The van der Waals surface area contributed by atoms with Crippen LogP contribution in [0.3, 0.4) is 0 Å². The maximum Gasteiger partial charge on any atom is 0.323 e. The fourth-order valence-corrected chi connectivity index (χ4v) is 3.83. The van der Waals surface area contributed by atoms with Gasteiger partial charge in [0.1, 0.15) is 0 Å². The molecule has 0 radical (unpaired) electrons. The Bertz CT molecular complexity index is 900. The molecule has 0 aliphatic carbocycles. The number of benzene rings is 2. The van der Waals surface area contributed by atoms with Crippen molar-refractivity contribution in [3.63, 3.8) is 0 Å². The van der Waals surface area contributed by atoms with Crippen molar-refractivity contribution in [3.05, 3.63) is 60.2 Å². The lowest BCUT2D eigenvalue weighted by molar-refractivity contribution is 0.0671. The van der Waals surface area contributed by atoms with Gasteiger partial charge in [0.05, 0.1) is 10.2 Å². The van der Waals surface area contributed by atoms with E-state index in [-0.39, 0.29) is 11.9 Å². The van der Waals surface area contributed by atoms with E-state index in [0.717, 1.165) is 10.2 Å². The van der Waals surface area contributed by atoms with Gasteiger partial charge in [-0.25, -0.2) is 9.78 Å². The SMILES string of the molecule is O=C(Nc1nc2ccccc2s1)N1CCN(C(=O)c2ccccc2)CC1. The number of para-hydroxylation sites is 1. The number of aromatic nitrogens is 1. The lowest BCUT2D eigenvalue weighted by Crippen LogP contribution is -2.51. The largest absolute Gasteiger partial charge is 0.335 e. The quantitative estimate of drug-likeness (QED) is 0.757. The highest BCUT2D eigenvalue weighted by Crippen LogP contribution is 2.25.